The molecule has 2 aromatic carbocycles. The molecule has 0 aliphatic carbocycles. The molecular formula is C35H43Cl2N5O2S. The fourth-order valence-electron chi connectivity index (χ4n) is 7.47. The molecule has 2 amide bonds. The number of hydrogen-bond acceptors (Lipinski definition) is 6. The number of likely N-dealkylation sites (tertiary alicyclic amines) is 1. The molecule has 10 heteroatoms. The van der Waals surface area contributed by atoms with Gasteiger partial charge in [0.05, 0.1) is 6.04 Å². The molecule has 2 aromatic rings. The summed E-state index contributed by atoms with van der Waals surface area (Å²) in [5, 5.41) is 2.15. The van der Waals surface area contributed by atoms with Crippen molar-refractivity contribution in [3.05, 3.63) is 80.3 Å². The molecule has 5 atom stereocenters. The van der Waals surface area contributed by atoms with E-state index in [9.17, 15) is 9.59 Å². The van der Waals surface area contributed by atoms with Crippen LogP contribution in [0.25, 0.3) is 0 Å². The number of halogens is 2. The number of piperazine rings is 1. The van der Waals surface area contributed by atoms with Gasteiger partial charge in [-0.1, -0.05) is 68.2 Å². The number of benzene rings is 2. The molecule has 2 fully saturated rings. The van der Waals surface area contributed by atoms with E-state index in [0.29, 0.717) is 40.5 Å². The summed E-state index contributed by atoms with van der Waals surface area (Å²) in [6, 6.07) is 15.5. The van der Waals surface area contributed by atoms with Gasteiger partial charge in [-0.05, 0) is 93.2 Å². The van der Waals surface area contributed by atoms with Crippen molar-refractivity contribution in [2.24, 2.45) is 10.9 Å². The Kier molecular flexibility index (Phi) is 9.07. The van der Waals surface area contributed by atoms with Crippen LogP contribution in [-0.4, -0.2) is 81.4 Å². The van der Waals surface area contributed by atoms with Crippen LogP contribution in [0, 0.1) is 5.92 Å². The van der Waals surface area contributed by atoms with Gasteiger partial charge in [0.1, 0.15) is 16.5 Å². The van der Waals surface area contributed by atoms with E-state index < -0.39 is 11.6 Å². The molecule has 0 saturated carbocycles. The van der Waals surface area contributed by atoms with Gasteiger partial charge in [0.2, 0.25) is 5.91 Å². The lowest BCUT2D eigenvalue weighted by Gasteiger charge is -2.40. The Bertz CT molecular complexity index is 1530. The highest BCUT2D eigenvalue weighted by Crippen LogP contribution is 2.56. The van der Waals surface area contributed by atoms with Gasteiger partial charge >= 0.3 is 0 Å². The maximum Gasteiger partial charge on any atom is 0.263 e. The van der Waals surface area contributed by atoms with Crippen molar-refractivity contribution in [2.45, 2.75) is 83.6 Å². The number of likely N-dealkylation sites (N-methyl/N-ethyl adjacent to an activating group) is 1. The first-order chi connectivity index (χ1) is 21.4. The fraction of sp³-hybridized carbons (Fsp3) is 0.514. The van der Waals surface area contributed by atoms with E-state index in [1.165, 1.54) is 11.8 Å². The van der Waals surface area contributed by atoms with Gasteiger partial charge in [-0.2, -0.15) is 0 Å². The van der Waals surface area contributed by atoms with Crippen molar-refractivity contribution in [1.82, 2.24) is 19.6 Å². The molecule has 4 heterocycles. The molecule has 0 unspecified atom stereocenters. The maximum absolute atomic E-state index is 14.8. The molecule has 0 N–H and O–H groups in total. The summed E-state index contributed by atoms with van der Waals surface area (Å²) in [6.45, 7) is 12.9. The largest absolute Gasteiger partial charge is 0.338 e. The summed E-state index contributed by atoms with van der Waals surface area (Å²) in [4.78, 5) is 43.3. The number of amidine groups is 1. The first-order valence-electron chi connectivity index (χ1n) is 16.1. The molecule has 4 aliphatic heterocycles. The van der Waals surface area contributed by atoms with E-state index in [1.807, 2.05) is 46.2 Å². The third kappa shape index (κ3) is 5.70. The third-order valence-corrected chi connectivity index (χ3v) is 11.7. The molecule has 240 valence electrons. The van der Waals surface area contributed by atoms with Gasteiger partial charge < -0.3 is 19.6 Å². The number of allylic oxidation sites excluding steroid dienone is 1. The summed E-state index contributed by atoms with van der Waals surface area (Å²) in [6.07, 6.45) is 2.35. The minimum Gasteiger partial charge on any atom is -0.338 e. The lowest BCUT2D eigenvalue weighted by molar-refractivity contribution is -0.145. The second-order valence-electron chi connectivity index (χ2n) is 13.3. The van der Waals surface area contributed by atoms with E-state index >= 15 is 0 Å². The highest BCUT2D eigenvalue weighted by molar-refractivity contribution is 8.18. The Morgan fingerprint density at radius 1 is 1.02 bits per heavy atom. The smallest absolute Gasteiger partial charge is 0.263 e. The van der Waals surface area contributed by atoms with Crippen LogP contribution in [0.2, 0.25) is 10.0 Å². The van der Waals surface area contributed by atoms with Crippen LogP contribution < -0.4 is 0 Å². The molecule has 6 rings (SSSR count). The first kappa shape index (κ1) is 32.4. The quantitative estimate of drug-likeness (QED) is 0.327. The highest BCUT2D eigenvalue weighted by Gasteiger charge is 2.54. The molecule has 45 heavy (non-hydrogen) atoms. The van der Waals surface area contributed by atoms with Crippen molar-refractivity contribution in [3.8, 4) is 0 Å². The van der Waals surface area contributed by atoms with Crippen LogP contribution in [0.5, 0.6) is 0 Å². The van der Waals surface area contributed by atoms with Crippen LogP contribution in [0.4, 0.5) is 0 Å². The lowest BCUT2D eigenvalue weighted by Crippen LogP contribution is -2.57. The van der Waals surface area contributed by atoms with Crippen molar-refractivity contribution >= 4 is 51.9 Å². The van der Waals surface area contributed by atoms with Gasteiger partial charge in [-0.3, -0.25) is 9.59 Å². The first-order valence-corrected chi connectivity index (χ1v) is 17.7. The average molecular weight is 669 g/mol. The Morgan fingerprint density at radius 3 is 2.27 bits per heavy atom. The van der Waals surface area contributed by atoms with Crippen molar-refractivity contribution in [1.29, 1.82) is 0 Å². The zero-order valence-corrected chi connectivity index (χ0v) is 29.3. The third-order valence-electron chi connectivity index (χ3n) is 10.1. The topological polar surface area (TPSA) is 59.5 Å². The molecule has 0 aromatic heterocycles. The second-order valence-corrected chi connectivity index (χ2v) is 15.2. The van der Waals surface area contributed by atoms with Crippen LogP contribution in [0.15, 0.2) is 64.1 Å². The number of thioether (sulfide) groups is 1. The minimum atomic E-state index is -0.633. The van der Waals surface area contributed by atoms with Crippen molar-refractivity contribution in [3.63, 3.8) is 0 Å². The fourth-order valence-corrected chi connectivity index (χ4v) is 9.08. The number of carbonyl (C=O) groups is 2. The Hall–Kier alpha value is -2.52. The summed E-state index contributed by atoms with van der Waals surface area (Å²) < 4.78 is 0. The SMILES string of the molecule is CC[C@@H]1CC[C@@H](C(=O)N2CCN(C)[C@H](C)C2)N1C(=O)C1=C(C(C)C)N2C(=N[C@@](C)(c3ccc(Cl)cc3)[C@H]2c2ccc(Cl)cc2)S1. The summed E-state index contributed by atoms with van der Waals surface area (Å²) in [5.74, 6) is 0.0803. The zero-order chi connectivity index (χ0) is 32.2. The van der Waals surface area contributed by atoms with Crippen LogP contribution >= 0.6 is 35.0 Å². The number of hydrogen-bond donors (Lipinski definition) is 0. The second kappa shape index (κ2) is 12.6. The van der Waals surface area contributed by atoms with Crippen LogP contribution in [-0.2, 0) is 15.1 Å². The standard InChI is InChI=1S/C35H43Cl2N5O2S/c1-7-27-16-17-28(32(43)40-19-18-39(6)22(4)20-40)41(27)33(44)30-29(21(2)3)42-31(23-8-12-25(36)13-9-23)35(5,38-34(42)45-30)24-10-14-26(37)15-11-24/h8-15,21-22,27-28,31H,7,16-20H2,1-6H3/t22-,27-,28+,31-,35+/m1/s1. The number of amides is 2. The van der Waals surface area contributed by atoms with E-state index in [1.54, 1.807) is 0 Å². The molecule has 0 spiro atoms. The zero-order valence-electron chi connectivity index (χ0n) is 27.0. The van der Waals surface area contributed by atoms with Crippen LogP contribution in [0.3, 0.4) is 0 Å². The summed E-state index contributed by atoms with van der Waals surface area (Å²) >= 11 is 14.1. The number of carbonyl (C=O) groups excluding carboxylic acids is 2. The Morgan fingerprint density at radius 2 is 1.67 bits per heavy atom. The number of rotatable bonds is 6. The molecule has 0 radical (unpaired) electrons. The molecule has 7 nitrogen and oxygen atoms in total. The molecule has 4 aliphatic rings. The van der Waals surface area contributed by atoms with Crippen LogP contribution in [0.1, 0.15) is 71.0 Å². The predicted octanol–water partition coefficient (Wildman–Crippen LogP) is 7.17. The van der Waals surface area contributed by atoms with E-state index in [4.69, 9.17) is 28.2 Å². The predicted molar refractivity (Wildman–Crippen MR) is 184 cm³/mol. The Labute approximate surface area is 281 Å². The van der Waals surface area contributed by atoms with Crippen molar-refractivity contribution < 1.29 is 9.59 Å². The number of fused-ring (bicyclic) bond motifs is 1. The van der Waals surface area contributed by atoms with Gasteiger partial charge in [-0.25, -0.2) is 4.99 Å². The normalized spacial score (nSPS) is 28.7. The molecular weight excluding hydrogens is 625 g/mol. The van der Waals surface area contributed by atoms with Gasteiger partial charge in [-0.15, -0.1) is 0 Å². The Balaban J connectivity index is 1.40. The van der Waals surface area contributed by atoms with Crippen molar-refractivity contribution in [2.75, 3.05) is 26.7 Å². The monoisotopic (exact) mass is 667 g/mol. The summed E-state index contributed by atoms with van der Waals surface area (Å²) in [5.41, 5.74) is 2.43. The van der Waals surface area contributed by atoms with Gasteiger partial charge in [0.25, 0.3) is 5.91 Å². The number of aliphatic imine (C=N–C) groups is 1. The maximum atomic E-state index is 14.8. The minimum absolute atomic E-state index is 0.0293. The van der Waals surface area contributed by atoms with E-state index in [-0.39, 0.29) is 29.8 Å². The van der Waals surface area contributed by atoms with Gasteiger partial charge in [0.15, 0.2) is 5.17 Å². The highest BCUT2D eigenvalue weighted by atomic mass is 35.5. The lowest BCUT2D eigenvalue weighted by atomic mass is 9.81. The van der Waals surface area contributed by atoms with E-state index in [0.717, 1.165) is 41.4 Å². The number of nitrogens with zero attached hydrogens (tertiary/aromatic N) is 5. The average Bonchev–Trinajstić information content (AvgIpc) is 3.69. The van der Waals surface area contributed by atoms with E-state index in [2.05, 4.69) is 63.6 Å². The summed E-state index contributed by atoms with van der Waals surface area (Å²) in [7, 11) is 2.10. The van der Waals surface area contributed by atoms with Gasteiger partial charge in [0, 0.05) is 47.5 Å². The molecule has 0 bridgehead atoms. The molecule has 2 saturated heterocycles.